The first-order chi connectivity index (χ1) is 5.45. The van der Waals surface area contributed by atoms with Crippen molar-refractivity contribution in [2.45, 2.75) is 6.42 Å². The second-order valence-electron chi connectivity index (χ2n) is 3.94. The Kier molecular flexibility index (Phi) is 4.85. The van der Waals surface area contributed by atoms with Crippen molar-refractivity contribution in [2.75, 3.05) is 40.8 Å². The van der Waals surface area contributed by atoms with E-state index in [1.54, 1.807) is 0 Å². The number of rotatable bonds is 5. The average molecular weight is 174 g/mol. The van der Waals surface area contributed by atoms with Gasteiger partial charge in [0.15, 0.2) is 6.54 Å². The number of nitrogens with one attached hydrogen (secondary N) is 1. The molecule has 0 rings (SSSR count). The quantitative estimate of drug-likeness (QED) is 0.422. The maximum atomic E-state index is 11.2. The Labute approximate surface area is 74.3 Å². The van der Waals surface area contributed by atoms with Crippen LogP contribution in [-0.4, -0.2) is 51.2 Å². The molecule has 0 aliphatic carbocycles. The van der Waals surface area contributed by atoms with Crippen LogP contribution in [0.1, 0.15) is 6.42 Å². The van der Waals surface area contributed by atoms with Crippen LogP contribution in [0.5, 0.6) is 0 Å². The summed E-state index contributed by atoms with van der Waals surface area (Å²) in [4.78, 5) is 11.2. The fraction of sp³-hybridized carbons (Fsp3) is 0.875. The number of nitrogens with zero attached hydrogens (tertiary/aromatic N) is 1. The van der Waals surface area contributed by atoms with Crippen molar-refractivity contribution >= 4 is 5.91 Å². The highest BCUT2D eigenvalue weighted by atomic mass is 16.2. The van der Waals surface area contributed by atoms with E-state index in [2.05, 4.69) is 5.32 Å². The highest BCUT2D eigenvalue weighted by molar-refractivity contribution is 5.76. The Bertz CT molecular complexity index is 140. The molecule has 0 saturated carbocycles. The summed E-state index contributed by atoms with van der Waals surface area (Å²) in [5.41, 5.74) is 5.29. The second-order valence-corrected chi connectivity index (χ2v) is 3.94. The molecule has 0 unspecified atom stereocenters. The minimum atomic E-state index is 0.0935. The lowest BCUT2D eigenvalue weighted by Gasteiger charge is -2.22. The first-order valence-corrected chi connectivity index (χ1v) is 4.23. The normalized spacial score (nSPS) is 11.3. The second kappa shape index (κ2) is 5.11. The monoisotopic (exact) mass is 174 g/mol. The molecule has 12 heavy (non-hydrogen) atoms. The molecular weight excluding hydrogens is 154 g/mol. The summed E-state index contributed by atoms with van der Waals surface area (Å²) in [7, 11) is 5.97. The first kappa shape index (κ1) is 11.4. The van der Waals surface area contributed by atoms with E-state index in [0.717, 1.165) is 6.42 Å². The van der Waals surface area contributed by atoms with Crippen molar-refractivity contribution in [3.8, 4) is 0 Å². The topological polar surface area (TPSA) is 55.1 Å². The SMILES string of the molecule is C[N+](C)(C)CC(=O)NCCCN. The zero-order chi connectivity index (χ0) is 9.61. The predicted octanol–water partition coefficient (Wildman–Crippen LogP) is -0.842. The third kappa shape index (κ3) is 7.50. The van der Waals surface area contributed by atoms with Crippen LogP contribution in [0.2, 0.25) is 0 Å². The minimum absolute atomic E-state index is 0.0935. The third-order valence-corrected chi connectivity index (χ3v) is 1.32. The molecular formula is C8H20N3O+. The average Bonchev–Trinajstić information content (AvgIpc) is 1.84. The van der Waals surface area contributed by atoms with Crippen LogP contribution < -0.4 is 11.1 Å². The van der Waals surface area contributed by atoms with Crippen LogP contribution in [0.15, 0.2) is 0 Å². The number of carbonyl (C=O) groups excluding carboxylic acids is 1. The van der Waals surface area contributed by atoms with Gasteiger partial charge in [0.05, 0.1) is 21.1 Å². The van der Waals surface area contributed by atoms with Crippen LogP contribution in [0.25, 0.3) is 0 Å². The smallest absolute Gasteiger partial charge is 0.275 e. The van der Waals surface area contributed by atoms with E-state index in [0.29, 0.717) is 24.1 Å². The van der Waals surface area contributed by atoms with Crippen molar-refractivity contribution in [3.05, 3.63) is 0 Å². The van der Waals surface area contributed by atoms with E-state index in [9.17, 15) is 4.79 Å². The standard InChI is InChI=1S/C8H19N3O/c1-11(2,3)7-8(12)10-6-4-5-9/h4-7,9H2,1-3H3/p+1. The molecule has 0 atom stereocenters. The molecule has 0 aromatic heterocycles. The number of quaternary nitrogens is 1. The Balaban J connectivity index is 3.47. The van der Waals surface area contributed by atoms with Crippen molar-refractivity contribution in [1.82, 2.24) is 5.32 Å². The largest absolute Gasteiger partial charge is 0.351 e. The van der Waals surface area contributed by atoms with Crippen molar-refractivity contribution < 1.29 is 9.28 Å². The molecule has 0 fully saturated rings. The summed E-state index contributed by atoms with van der Waals surface area (Å²) >= 11 is 0. The van der Waals surface area contributed by atoms with Gasteiger partial charge in [0, 0.05) is 6.54 Å². The summed E-state index contributed by atoms with van der Waals surface area (Å²) in [5.74, 6) is 0.0935. The van der Waals surface area contributed by atoms with Crippen LogP contribution in [0.4, 0.5) is 0 Å². The van der Waals surface area contributed by atoms with Gasteiger partial charge in [0.1, 0.15) is 0 Å². The van der Waals surface area contributed by atoms with E-state index >= 15 is 0 Å². The number of nitrogens with two attached hydrogens (primary N) is 1. The molecule has 1 amide bonds. The van der Waals surface area contributed by atoms with Crippen molar-refractivity contribution in [1.29, 1.82) is 0 Å². The molecule has 72 valence electrons. The molecule has 0 aliphatic rings. The number of amides is 1. The lowest BCUT2D eigenvalue weighted by Crippen LogP contribution is -2.44. The van der Waals surface area contributed by atoms with E-state index in [1.807, 2.05) is 21.1 Å². The molecule has 3 N–H and O–H groups in total. The highest BCUT2D eigenvalue weighted by Crippen LogP contribution is 1.87. The molecule has 0 heterocycles. The Morgan fingerprint density at radius 2 is 2.00 bits per heavy atom. The minimum Gasteiger partial charge on any atom is -0.351 e. The van der Waals surface area contributed by atoms with Gasteiger partial charge in [0.2, 0.25) is 0 Å². The molecule has 0 aromatic carbocycles. The van der Waals surface area contributed by atoms with Gasteiger partial charge in [-0.1, -0.05) is 0 Å². The molecule has 0 aromatic rings. The van der Waals surface area contributed by atoms with Crippen LogP contribution in [0.3, 0.4) is 0 Å². The van der Waals surface area contributed by atoms with E-state index in [-0.39, 0.29) is 5.91 Å². The Morgan fingerprint density at radius 1 is 1.42 bits per heavy atom. The number of likely N-dealkylation sites (N-methyl/N-ethyl adjacent to an activating group) is 1. The van der Waals surface area contributed by atoms with Gasteiger partial charge in [-0.15, -0.1) is 0 Å². The van der Waals surface area contributed by atoms with Gasteiger partial charge in [-0.3, -0.25) is 4.79 Å². The molecule has 0 saturated heterocycles. The lowest BCUT2D eigenvalue weighted by molar-refractivity contribution is -0.862. The van der Waals surface area contributed by atoms with Crippen LogP contribution in [-0.2, 0) is 4.79 Å². The predicted molar refractivity (Wildman–Crippen MR) is 49.6 cm³/mol. The summed E-state index contributed by atoms with van der Waals surface area (Å²) in [5, 5.41) is 2.81. The zero-order valence-electron chi connectivity index (χ0n) is 8.26. The molecule has 4 heteroatoms. The summed E-state index contributed by atoms with van der Waals surface area (Å²) in [6.07, 6.45) is 0.850. The fourth-order valence-electron chi connectivity index (χ4n) is 0.817. The number of hydrogen-bond donors (Lipinski definition) is 2. The molecule has 0 radical (unpaired) electrons. The van der Waals surface area contributed by atoms with Crippen LogP contribution in [0, 0.1) is 0 Å². The Morgan fingerprint density at radius 3 is 2.42 bits per heavy atom. The summed E-state index contributed by atoms with van der Waals surface area (Å²) in [6, 6.07) is 0. The van der Waals surface area contributed by atoms with Gasteiger partial charge in [-0.2, -0.15) is 0 Å². The fourth-order valence-corrected chi connectivity index (χ4v) is 0.817. The zero-order valence-corrected chi connectivity index (χ0v) is 8.26. The summed E-state index contributed by atoms with van der Waals surface area (Å²) in [6.45, 7) is 1.84. The lowest BCUT2D eigenvalue weighted by atomic mass is 10.4. The van der Waals surface area contributed by atoms with Gasteiger partial charge in [-0.05, 0) is 13.0 Å². The highest BCUT2D eigenvalue weighted by Gasteiger charge is 2.12. The first-order valence-electron chi connectivity index (χ1n) is 4.23. The van der Waals surface area contributed by atoms with Crippen LogP contribution >= 0.6 is 0 Å². The number of carbonyl (C=O) groups is 1. The van der Waals surface area contributed by atoms with Gasteiger partial charge >= 0.3 is 0 Å². The van der Waals surface area contributed by atoms with E-state index < -0.39 is 0 Å². The third-order valence-electron chi connectivity index (χ3n) is 1.32. The van der Waals surface area contributed by atoms with Gasteiger partial charge < -0.3 is 15.5 Å². The Hall–Kier alpha value is -0.610. The molecule has 0 aliphatic heterocycles. The maximum absolute atomic E-state index is 11.2. The van der Waals surface area contributed by atoms with E-state index in [4.69, 9.17) is 5.73 Å². The van der Waals surface area contributed by atoms with Crippen molar-refractivity contribution in [2.24, 2.45) is 5.73 Å². The summed E-state index contributed by atoms with van der Waals surface area (Å²) < 4.78 is 0.661. The van der Waals surface area contributed by atoms with Crippen molar-refractivity contribution in [3.63, 3.8) is 0 Å². The molecule has 0 bridgehead atoms. The van der Waals surface area contributed by atoms with Gasteiger partial charge in [-0.25, -0.2) is 0 Å². The molecule has 0 spiro atoms. The maximum Gasteiger partial charge on any atom is 0.275 e. The molecule has 4 nitrogen and oxygen atoms in total. The van der Waals surface area contributed by atoms with Gasteiger partial charge in [0.25, 0.3) is 5.91 Å². The number of hydrogen-bond acceptors (Lipinski definition) is 2. The van der Waals surface area contributed by atoms with E-state index in [1.165, 1.54) is 0 Å².